The van der Waals surface area contributed by atoms with Crippen LogP contribution in [0, 0.1) is 5.92 Å². The van der Waals surface area contributed by atoms with E-state index in [-0.39, 0.29) is 29.3 Å². The fourth-order valence-corrected chi connectivity index (χ4v) is 6.30. The summed E-state index contributed by atoms with van der Waals surface area (Å²) < 4.78 is 5.54. The zero-order valence-corrected chi connectivity index (χ0v) is 19.6. The van der Waals surface area contributed by atoms with E-state index in [1.165, 1.54) is 4.90 Å². The minimum atomic E-state index is -1.10. The molecule has 0 unspecified atom stereocenters. The second-order valence-corrected chi connectivity index (χ2v) is 10.1. The largest absolute Gasteiger partial charge is 0.479 e. The van der Waals surface area contributed by atoms with Gasteiger partial charge in [0, 0.05) is 17.8 Å². The lowest BCUT2D eigenvalue weighted by Crippen LogP contribution is -2.51. The van der Waals surface area contributed by atoms with Crippen LogP contribution >= 0.6 is 11.3 Å². The number of anilines is 1. The van der Waals surface area contributed by atoms with E-state index < -0.39 is 23.5 Å². The summed E-state index contributed by atoms with van der Waals surface area (Å²) >= 11 is 1.11. The highest BCUT2D eigenvalue weighted by Crippen LogP contribution is 2.54. The van der Waals surface area contributed by atoms with Gasteiger partial charge in [0.2, 0.25) is 0 Å². The van der Waals surface area contributed by atoms with E-state index in [9.17, 15) is 19.5 Å². The predicted molar refractivity (Wildman–Crippen MR) is 130 cm³/mol. The average molecular weight is 490 g/mol. The van der Waals surface area contributed by atoms with E-state index in [0.717, 1.165) is 46.4 Å². The van der Waals surface area contributed by atoms with Gasteiger partial charge in [-0.3, -0.25) is 10.1 Å². The number of fused-ring (bicyclic) bond motifs is 4. The molecule has 178 valence electrons. The van der Waals surface area contributed by atoms with Gasteiger partial charge >= 0.3 is 12.1 Å². The van der Waals surface area contributed by atoms with Gasteiger partial charge in [-0.2, -0.15) is 0 Å². The summed E-state index contributed by atoms with van der Waals surface area (Å²) in [6, 6.07) is 16.2. The monoisotopic (exact) mass is 489 g/mol. The van der Waals surface area contributed by atoms with Gasteiger partial charge in [-0.15, -0.1) is 11.3 Å². The summed E-state index contributed by atoms with van der Waals surface area (Å²) in [7, 11) is 0. The van der Waals surface area contributed by atoms with Crippen molar-refractivity contribution in [2.75, 3.05) is 18.5 Å². The third-order valence-corrected chi connectivity index (χ3v) is 8.14. The Kier molecular flexibility index (Phi) is 5.10. The van der Waals surface area contributed by atoms with Crippen LogP contribution in [0.1, 0.15) is 46.8 Å². The van der Waals surface area contributed by atoms with Crippen molar-refractivity contribution in [2.45, 2.75) is 30.7 Å². The molecule has 2 amide bonds. The van der Waals surface area contributed by atoms with Crippen molar-refractivity contribution in [2.24, 2.45) is 5.92 Å². The Bertz CT molecular complexity index is 1310. The van der Waals surface area contributed by atoms with Crippen LogP contribution in [0.2, 0.25) is 0 Å². The van der Waals surface area contributed by atoms with E-state index in [1.807, 2.05) is 24.3 Å². The third kappa shape index (κ3) is 3.49. The first-order chi connectivity index (χ1) is 17.0. The smallest absolute Gasteiger partial charge is 0.413 e. The van der Waals surface area contributed by atoms with E-state index in [4.69, 9.17) is 4.74 Å². The van der Waals surface area contributed by atoms with Gasteiger partial charge in [0.05, 0.1) is 0 Å². The number of carbonyl (C=O) groups is 3. The molecule has 2 aliphatic carbocycles. The average Bonchev–Trinajstić information content (AvgIpc) is 3.33. The maximum Gasteiger partial charge on any atom is 0.413 e. The Morgan fingerprint density at radius 2 is 1.80 bits per heavy atom. The first-order valence-electron chi connectivity index (χ1n) is 11.6. The summed E-state index contributed by atoms with van der Waals surface area (Å²) in [6.45, 7) is 0.571. The number of amides is 2. The predicted octanol–water partition coefficient (Wildman–Crippen LogP) is 4.58. The van der Waals surface area contributed by atoms with Crippen molar-refractivity contribution in [1.29, 1.82) is 0 Å². The van der Waals surface area contributed by atoms with E-state index in [1.54, 1.807) is 5.38 Å². The lowest BCUT2D eigenvalue weighted by molar-refractivity contribution is -0.145. The van der Waals surface area contributed by atoms with Gasteiger partial charge in [-0.25, -0.2) is 14.6 Å². The molecular formula is C26H23N3O5S. The SMILES string of the molecule is O=C(Nc1nc(C(=O)N2CCC[C@@H]3C[C@@]32C(=O)O)cs1)OCC1c2ccccc2-c2ccccc21. The van der Waals surface area contributed by atoms with Crippen LogP contribution in [0.5, 0.6) is 0 Å². The number of rotatable bonds is 5. The highest BCUT2D eigenvalue weighted by atomic mass is 32.1. The number of carbonyl (C=O) groups excluding carboxylic acids is 2. The van der Waals surface area contributed by atoms with Crippen LogP contribution in [0.25, 0.3) is 11.1 Å². The molecular weight excluding hydrogens is 466 g/mol. The lowest BCUT2D eigenvalue weighted by atomic mass is 9.98. The van der Waals surface area contributed by atoms with Crippen LogP contribution in [-0.4, -0.2) is 51.7 Å². The van der Waals surface area contributed by atoms with Gasteiger partial charge in [0.25, 0.3) is 5.91 Å². The summed E-state index contributed by atoms with van der Waals surface area (Å²) in [5.74, 6) is -1.41. The van der Waals surface area contributed by atoms with Crippen molar-refractivity contribution in [3.8, 4) is 11.1 Å². The first kappa shape index (κ1) is 21.8. The van der Waals surface area contributed by atoms with E-state index in [2.05, 4.69) is 34.6 Å². The molecule has 1 saturated carbocycles. The quantitative estimate of drug-likeness (QED) is 0.543. The Labute approximate surface area is 205 Å². The number of benzene rings is 2. The molecule has 8 nitrogen and oxygen atoms in total. The highest BCUT2D eigenvalue weighted by Gasteiger charge is 2.66. The molecule has 0 spiro atoms. The Morgan fingerprint density at radius 3 is 2.49 bits per heavy atom. The van der Waals surface area contributed by atoms with Crippen LogP contribution in [0.15, 0.2) is 53.9 Å². The fourth-order valence-electron chi connectivity index (χ4n) is 5.63. The normalized spacial score (nSPS) is 22.1. The Hall–Kier alpha value is -3.72. The van der Waals surface area contributed by atoms with E-state index in [0.29, 0.717) is 13.0 Å². The van der Waals surface area contributed by atoms with Crippen LogP contribution in [-0.2, 0) is 9.53 Å². The Balaban J connectivity index is 1.11. The molecule has 2 fully saturated rings. The van der Waals surface area contributed by atoms with Gasteiger partial charge in [0.15, 0.2) is 5.13 Å². The maximum atomic E-state index is 13.0. The fraction of sp³-hybridized carbons (Fsp3) is 0.308. The number of nitrogens with one attached hydrogen (secondary N) is 1. The van der Waals surface area contributed by atoms with Crippen molar-refractivity contribution in [1.82, 2.24) is 9.88 Å². The number of aromatic nitrogens is 1. The summed E-state index contributed by atoms with van der Waals surface area (Å²) in [6.07, 6.45) is 1.44. The molecule has 2 atom stereocenters. The Morgan fingerprint density at radius 1 is 1.11 bits per heavy atom. The number of thiazole rings is 1. The van der Waals surface area contributed by atoms with E-state index >= 15 is 0 Å². The van der Waals surface area contributed by atoms with Crippen molar-refractivity contribution < 1.29 is 24.2 Å². The second-order valence-electron chi connectivity index (χ2n) is 9.22. The molecule has 9 heteroatoms. The number of hydrogen-bond donors (Lipinski definition) is 2. The molecule has 1 saturated heterocycles. The van der Waals surface area contributed by atoms with Gasteiger partial charge in [-0.1, -0.05) is 48.5 Å². The molecule has 3 aliphatic rings. The van der Waals surface area contributed by atoms with Gasteiger partial charge < -0.3 is 14.7 Å². The van der Waals surface area contributed by atoms with Gasteiger partial charge in [-0.05, 0) is 47.4 Å². The topological polar surface area (TPSA) is 109 Å². The van der Waals surface area contributed by atoms with Crippen molar-refractivity contribution in [3.63, 3.8) is 0 Å². The molecule has 2 aromatic carbocycles. The van der Waals surface area contributed by atoms with Crippen LogP contribution in [0.4, 0.5) is 9.93 Å². The number of piperidine rings is 1. The van der Waals surface area contributed by atoms with Crippen LogP contribution < -0.4 is 5.32 Å². The number of nitrogens with zero attached hydrogens (tertiary/aromatic N) is 2. The number of likely N-dealkylation sites (tertiary alicyclic amines) is 1. The van der Waals surface area contributed by atoms with Gasteiger partial charge in [0.1, 0.15) is 17.8 Å². The highest BCUT2D eigenvalue weighted by molar-refractivity contribution is 7.14. The van der Waals surface area contributed by atoms with Crippen molar-refractivity contribution in [3.05, 3.63) is 70.7 Å². The number of carboxylic acids is 1. The molecule has 0 bridgehead atoms. The molecule has 2 N–H and O–H groups in total. The molecule has 6 rings (SSSR count). The minimum absolute atomic E-state index is 0.00903. The molecule has 2 heterocycles. The van der Waals surface area contributed by atoms with Crippen LogP contribution in [0.3, 0.4) is 0 Å². The maximum absolute atomic E-state index is 13.0. The zero-order chi connectivity index (χ0) is 24.2. The lowest BCUT2D eigenvalue weighted by Gasteiger charge is -2.33. The summed E-state index contributed by atoms with van der Waals surface area (Å²) in [5, 5.41) is 14.1. The number of hydrogen-bond acceptors (Lipinski definition) is 6. The number of carboxylic acid groups (broad SMARTS) is 1. The summed E-state index contributed by atoms with van der Waals surface area (Å²) in [4.78, 5) is 43.1. The molecule has 35 heavy (non-hydrogen) atoms. The molecule has 1 aliphatic heterocycles. The zero-order valence-electron chi connectivity index (χ0n) is 18.8. The minimum Gasteiger partial charge on any atom is -0.479 e. The number of aliphatic carboxylic acids is 1. The standard InChI is InChI=1S/C26H23N3O5S/c30-22(29-11-5-6-15-12-26(15,29)23(31)32)21-14-35-24(27-21)28-25(33)34-13-20-18-9-3-1-7-16(18)17-8-2-4-10-19(17)20/h1-4,7-10,14-15,20H,5-6,11-13H2,(H,31,32)(H,27,28,33)/t15-,26+/m1/s1. The van der Waals surface area contributed by atoms with Crippen molar-refractivity contribution >= 4 is 34.4 Å². The number of ether oxygens (including phenoxy) is 1. The second kappa shape index (κ2) is 8.20. The molecule has 0 radical (unpaired) electrons. The summed E-state index contributed by atoms with van der Waals surface area (Å²) in [5.41, 5.74) is 3.58. The first-order valence-corrected chi connectivity index (χ1v) is 12.5. The molecule has 1 aromatic heterocycles. The molecule has 3 aromatic rings. The third-order valence-electron chi connectivity index (χ3n) is 7.38.